The molecule has 4 rings (SSSR count). The second kappa shape index (κ2) is 9.98. The van der Waals surface area contributed by atoms with Crippen LogP contribution in [0, 0.1) is 0 Å². The lowest BCUT2D eigenvalue weighted by molar-refractivity contribution is -0.137. The van der Waals surface area contributed by atoms with Crippen molar-refractivity contribution in [2.45, 2.75) is 22.5 Å². The van der Waals surface area contributed by atoms with Crippen LogP contribution in [0.25, 0.3) is 0 Å². The quantitative estimate of drug-likeness (QED) is 0.474. The lowest BCUT2D eigenvalue weighted by Gasteiger charge is -2.26. The van der Waals surface area contributed by atoms with Gasteiger partial charge in [-0.2, -0.15) is 13.2 Å². The van der Waals surface area contributed by atoms with Crippen LogP contribution in [0.4, 0.5) is 30.4 Å². The van der Waals surface area contributed by atoms with Crippen molar-refractivity contribution < 1.29 is 23.4 Å². The third-order valence-corrected chi connectivity index (χ3v) is 6.29. The Morgan fingerprint density at radius 1 is 1.00 bits per heavy atom. The fourth-order valence-electron chi connectivity index (χ4n) is 3.93. The maximum absolute atomic E-state index is 13.0. The van der Waals surface area contributed by atoms with E-state index in [9.17, 15) is 23.4 Å². The molecule has 2 aromatic carbocycles. The number of aliphatic hydroxyl groups is 2. The summed E-state index contributed by atoms with van der Waals surface area (Å²) in [5, 5.41) is 19.3. The zero-order valence-electron chi connectivity index (χ0n) is 17.7. The third-order valence-electron chi connectivity index (χ3n) is 5.37. The smallest absolute Gasteiger partial charge is 0.395 e. The second-order valence-corrected chi connectivity index (χ2v) is 8.55. The number of hydrogen-bond acceptors (Lipinski definition) is 7. The molecule has 1 aliphatic heterocycles. The Balaban J connectivity index is 1.59. The summed E-state index contributed by atoms with van der Waals surface area (Å²) in [6, 6.07) is 12.8. The summed E-state index contributed by atoms with van der Waals surface area (Å²) in [5.74, 6) is 0.659. The Labute approximate surface area is 193 Å². The number of nitrogens with zero attached hydrogens (tertiary/aromatic N) is 4. The van der Waals surface area contributed by atoms with Crippen molar-refractivity contribution in [3.05, 3.63) is 66.0 Å². The van der Waals surface area contributed by atoms with Crippen molar-refractivity contribution in [1.82, 2.24) is 9.97 Å². The van der Waals surface area contributed by atoms with Crippen LogP contribution < -0.4 is 9.80 Å². The first-order chi connectivity index (χ1) is 15.9. The van der Waals surface area contributed by atoms with Crippen molar-refractivity contribution >= 4 is 29.0 Å². The molecule has 174 valence electrons. The molecule has 2 N–H and O–H groups in total. The molecule has 0 radical (unpaired) electrons. The van der Waals surface area contributed by atoms with Crippen molar-refractivity contribution in [1.29, 1.82) is 0 Å². The Bertz CT molecular complexity index is 1110. The highest BCUT2D eigenvalue weighted by atomic mass is 32.2. The predicted octanol–water partition coefficient (Wildman–Crippen LogP) is 4.13. The highest BCUT2D eigenvalue weighted by Gasteiger charge is 2.30. The standard InChI is InChI=1S/C23H23F3N4O2S/c24-23(25,26)16-3-1-4-17(13-16)33-22-14-21(27-15-28-22)30-8-7-18-19(5-2-6-20(18)30)29(9-11-31)10-12-32/h1-6,13-15,31-32H,7-12H2. The number of fused-ring (bicyclic) bond motifs is 1. The fraction of sp³-hybridized carbons (Fsp3) is 0.304. The topological polar surface area (TPSA) is 72.7 Å². The lowest BCUT2D eigenvalue weighted by atomic mass is 10.1. The van der Waals surface area contributed by atoms with E-state index in [1.165, 1.54) is 12.4 Å². The van der Waals surface area contributed by atoms with Gasteiger partial charge < -0.3 is 20.0 Å². The molecule has 0 aliphatic carbocycles. The van der Waals surface area contributed by atoms with Gasteiger partial charge >= 0.3 is 6.18 Å². The van der Waals surface area contributed by atoms with Crippen LogP contribution in [0.5, 0.6) is 0 Å². The lowest BCUT2D eigenvalue weighted by Crippen LogP contribution is -2.30. The van der Waals surface area contributed by atoms with E-state index in [0.29, 0.717) is 35.4 Å². The van der Waals surface area contributed by atoms with Crippen LogP contribution in [0.3, 0.4) is 0 Å². The highest BCUT2D eigenvalue weighted by Crippen LogP contribution is 2.40. The minimum Gasteiger partial charge on any atom is -0.395 e. The van der Waals surface area contributed by atoms with Crippen molar-refractivity contribution in [3.63, 3.8) is 0 Å². The summed E-state index contributed by atoms with van der Waals surface area (Å²) in [7, 11) is 0. The van der Waals surface area contributed by atoms with Gasteiger partial charge in [0.2, 0.25) is 0 Å². The van der Waals surface area contributed by atoms with E-state index < -0.39 is 11.7 Å². The molecule has 1 aliphatic rings. The number of hydrogen-bond donors (Lipinski definition) is 2. The van der Waals surface area contributed by atoms with Crippen LogP contribution in [0.15, 0.2) is 64.8 Å². The molecular weight excluding hydrogens is 453 g/mol. The van der Waals surface area contributed by atoms with E-state index in [2.05, 4.69) is 9.97 Å². The van der Waals surface area contributed by atoms with Crippen LogP contribution in [0.2, 0.25) is 0 Å². The average Bonchev–Trinajstić information content (AvgIpc) is 3.23. The molecular formula is C23H23F3N4O2S. The predicted molar refractivity (Wildman–Crippen MR) is 121 cm³/mol. The molecule has 0 spiro atoms. The summed E-state index contributed by atoms with van der Waals surface area (Å²) in [5.41, 5.74) is 2.34. The van der Waals surface area contributed by atoms with E-state index in [4.69, 9.17) is 0 Å². The summed E-state index contributed by atoms with van der Waals surface area (Å²) < 4.78 is 39.1. The Morgan fingerprint density at radius 2 is 1.76 bits per heavy atom. The molecule has 1 aromatic heterocycles. The molecule has 0 saturated heterocycles. The van der Waals surface area contributed by atoms with Gasteiger partial charge in [-0.15, -0.1) is 0 Å². The number of alkyl halides is 3. The number of aliphatic hydroxyl groups excluding tert-OH is 2. The number of aromatic nitrogens is 2. The number of halogens is 3. The molecule has 0 saturated carbocycles. The highest BCUT2D eigenvalue weighted by molar-refractivity contribution is 7.99. The minimum absolute atomic E-state index is 0.0184. The van der Waals surface area contributed by atoms with Gasteiger partial charge in [-0.3, -0.25) is 0 Å². The molecule has 33 heavy (non-hydrogen) atoms. The first kappa shape index (κ1) is 23.3. The van der Waals surface area contributed by atoms with E-state index >= 15 is 0 Å². The molecule has 0 amide bonds. The number of anilines is 3. The maximum atomic E-state index is 13.0. The molecule has 10 heteroatoms. The maximum Gasteiger partial charge on any atom is 0.416 e. The summed E-state index contributed by atoms with van der Waals surface area (Å²) in [6.07, 6.45) is -2.22. The molecule has 0 atom stereocenters. The zero-order chi connectivity index (χ0) is 23.4. The van der Waals surface area contributed by atoms with Crippen LogP contribution in [-0.2, 0) is 12.6 Å². The van der Waals surface area contributed by atoms with Crippen molar-refractivity contribution in [2.24, 2.45) is 0 Å². The SMILES string of the molecule is OCCN(CCO)c1cccc2c1CCN2c1cc(Sc2cccc(C(F)(F)F)c2)ncn1. The number of rotatable bonds is 8. The molecule has 0 unspecified atom stereocenters. The zero-order valence-corrected chi connectivity index (χ0v) is 18.5. The molecule has 2 heterocycles. The van der Waals surface area contributed by atoms with Crippen LogP contribution >= 0.6 is 11.8 Å². The summed E-state index contributed by atoms with van der Waals surface area (Å²) >= 11 is 1.15. The summed E-state index contributed by atoms with van der Waals surface area (Å²) in [4.78, 5) is 13.1. The first-order valence-electron chi connectivity index (χ1n) is 10.4. The van der Waals surface area contributed by atoms with Gasteiger partial charge in [0.1, 0.15) is 17.2 Å². The Kier molecular flexibility index (Phi) is 7.06. The molecule has 3 aromatic rings. The van der Waals surface area contributed by atoms with Gasteiger partial charge in [-0.25, -0.2) is 9.97 Å². The summed E-state index contributed by atoms with van der Waals surface area (Å²) in [6.45, 7) is 1.48. The first-order valence-corrected chi connectivity index (χ1v) is 11.3. The minimum atomic E-state index is -4.40. The number of benzene rings is 2. The van der Waals surface area contributed by atoms with Gasteiger partial charge in [0.05, 0.1) is 18.8 Å². The van der Waals surface area contributed by atoms with Crippen LogP contribution in [-0.4, -0.2) is 53.0 Å². The third kappa shape index (κ3) is 5.23. The average molecular weight is 477 g/mol. The Morgan fingerprint density at radius 3 is 2.48 bits per heavy atom. The van der Waals surface area contributed by atoms with E-state index in [1.807, 2.05) is 28.0 Å². The van der Waals surface area contributed by atoms with Gasteiger partial charge in [0, 0.05) is 47.5 Å². The van der Waals surface area contributed by atoms with Crippen LogP contribution in [0.1, 0.15) is 11.1 Å². The van der Waals surface area contributed by atoms with Gasteiger partial charge in [0.25, 0.3) is 0 Å². The molecule has 0 fully saturated rings. The van der Waals surface area contributed by atoms with E-state index in [-0.39, 0.29) is 13.2 Å². The normalized spacial score (nSPS) is 13.3. The van der Waals surface area contributed by atoms with E-state index in [1.54, 1.807) is 12.1 Å². The van der Waals surface area contributed by atoms with Gasteiger partial charge in [0.15, 0.2) is 0 Å². The monoisotopic (exact) mass is 476 g/mol. The largest absolute Gasteiger partial charge is 0.416 e. The van der Waals surface area contributed by atoms with Gasteiger partial charge in [-0.05, 0) is 36.8 Å². The second-order valence-electron chi connectivity index (χ2n) is 7.45. The fourth-order valence-corrected chi connectivity index (χ4v) is 4.77. The molecule has 0 bridgehead atoms. The van der Waals surface area contributed by atoms with Crippen molar-refractivity contribution in [2.75, 3.05) is 42.6 Å². The van der Waals surface area contributed by atoms with E-state index in [0.717, 1.165) is 47.3 Å². The van der Waals surface area contributed by atoms with Gasteiger partial charge in [-0.1, -0.05) is 23.9 Å². The van der Waals surface area contributed by atoms with Crippen molar-refractivity contribution in [3.8, 4) is 0 Å². The molecule has 6 nitrogen and oxygen atoms in total. The Hall–Kier alpha value is -2.82.